The van der Waals surface area contributed by atoms with E-state index in [-0.39, 0.29) is 6.54 Å². The minimum atomic E-state index is -1.33. The van der Waals surface area contributed by atoms with Crippen LogP contribution < -0.4 is 0 Å². The van der Waals surface area contributed by atoms with Gasteiger partial charge in [0, 0.05) is 55.0 Å². The third kappa shape index (κ3) is 5.58. The summed E-state index contributed by atoms with van der Waals surface area (Å²) in [5, 5.41) is 23.5. The van der Waals surface area contributed by atoms with Gasteiger partial charge in [0.05, 0.1) is 6.54 Å². The SMILES string of the molecule is CC(C)c1ccc(C(O)(c2cncc(C#CC3(O)CCN(C(=O)OC(C)(C)C)C3)c2)C2(C)CN(C)C2)cc1. The van der Waals surface area contributed by atoms with Gasteiger partial charge in [-0.25, -0.2) is 4.79 Å². The quantitative estimate of drug-likeness (QED) is 0.591. The molecule has 1 amide bonds. The third-order valence-electron chi connectivity index (χ3n) is 7.60. The zero-order valence-corrected chi connectivity index (χ0v) is 23.7. The summed E-state index contributed by atoms with van der Waals surface area (Å²) in [4.78, 5) is 20.5. The molecule has 1 aromatic carbocycles. The highest BCUT2D eigenvalue weighted by atomic mass is 16.6. The van der Waals surface area contributed by atoms with Gasteiger partial charge in [-0.15, -0.1) is 0 Å². The maximum atomic E-state index is 12.4. The van der Waals surface area contributed by atoms with Crippen molar-refractivity contribution < 1.29 is 19.7 Å². The molecule has 7 nitrogen and oxygen atoms in total. The standard InChI is InChI=1S/C31H41N3O4/c1-22(2)24-8-10-25(11-9-24)31(37,29(6)19-33(7)20-29)26-16-23(17-32-18-26)12-13-30(36)14-15-34(21-30)27(35)38-28(3,4)5/h8-11,16-18,22,36-37H,14-15,19-21H2,1-7H3. The molecule has 2 aliphatic rings. The van der Waals surface area contributed by atoms with Crippen LogP contribution in [0, 0.1) is 17.3 Å². The molecule has 2 aliphatic heterocycles. The molecular formula is C31H41N3O4. The molecule has 2 saturated heterocycles. The van der Waals surface area contributed by atoms with E-state index in [4.69, 9.17) is 4.74 Å². The number of carbonyl (C=O) groups excluding carboxylic acids is 1. The Labute approximate surface area is 226 Å². The van der Waals surface area contributed by atoms with E-state index < -0.39 is 28.3 Å². The maximum Gasteiger partial charge on any atom is 0.410 e. The largest absolute Gasteiger partial charge is 0.444 e. The molecule has 38 heavy (non-hydrogen) atoms. The van der Waals surface area contributed by atoms with Crippen LogP contribution in [0.5, 0.6) is 0 Å². The summed E-state index contributed by atoms with van der Waals surface area (Å²) >= 11 is 0. The molecule has 2 aromatic rings. The number of nitrogens with zero attached hydrogens (tertiary/aromatic N) is 3. The van der Waals surface area contributed by atoms with Gasteiger partial charge >= 0.3 is 6.09 Å². The Kier molecular flexibility index (Phi) is 7.39. The Morgan fingerprint density at radius 1 is 1.11 bits per heavy atom. The maximum absolute atomic E-state index is 12.4. The molecule has 0 spiro atoms. The summed E-state index contributed by atoms with van der Waals surface area (Å²) in [7, 11) is 2.05. The van der Waals surface area contributed by atoms with Crippen molar-refractivity contribution >= 4 is 6.09 Å². The highest BCUT2D eigenvalue weighted by Crippen LogP contribution is 2.50. The summed E-state index contributed by atoms with van der Waals surface area (Å²) in [5.41, 5.74) is -0.302. The van der Waals surface area contributed by atoms with Crippen molar-refractivity contribution in [1.82, 2.24) is 14.8 Å². The van der Waals surface area contributed by atoms with Gasteiger partial charge < -0.3 is 24.7 Å². The van der Waals surface area contributed by atoms with Crippen molar-refractivity contribution in [3.8, 4) is 11.8 Å². The molecule has 1 aromatic heterocycles. The van der Waals surface area contributed by atoms with Gasteiger partial charge in [0.2, 0.25) is 0 Å². The van der Waals surface area contributed by atoms with Gasteiger partial charge in [-0.3, -0.25) is 4.98 Å². The minimum Gasteiger partial charge on any atom is -0.444 e. The molecule has 3 heterocycles. The average molecular weight is 520 g/mol. The first-order valence-corrected chi connectivity index (χ1v) is 13.3. The molecule has 0 saturated carbocycles. The highest BCUT2D eigenvalue weighted by Gasteiger charge is 2.55. The first-order valence-electron chi connectivity index (χ1n) is 13.3. The number of benzene rings is 1. The highest BCUT2D eigenvalue weighted by molar-refractivity contribution is 5.69. The molecule has 2 N–H and O–H groups in total. The second-order valence-corrected chi connectivity index (χ2v) is 12.6. The van der Waals surface area contributed by atoms with Crippen LogP contribution in [-0.4, -0.2) is 75.5 Å². The van der Waals surface area contributed by atoms with Crippen molar-refractivity contribution in [2.45, 2.75) is 70.7 Å². The predicted octanol–water partition coefficient (Wildman–Crippen LogP) is 4.12. The molecular weight excluding hydrogens is 478 g/mol. The smallest absolute Gasteiger partial charge is 0.410 e. The van der Waals surface area contributed by atoms with Crippen molar-refractivity contribution in [1.29, 1.82) is 0 Å². The fourth-order valence-corrected chi connectivity index (χ4v) is 5.62. The van der Waals surface area contributed by atoms with E-state index in [2.05, 4.69) is 54.6 Å². The van der Waals surface area contributed by atoms with Crippen LogP contribution in [0.1, 0.15) is 76.1 Å². The van der Waals surface area contributed by atoms with E-state index in [0.717, 1.165) is 18.7 Å². The second kappa shape index (κ2) is 10.00. The third-order valence-corrected chi connectivity index (χ3v) is 7.60. The van der Waals surface area contributed by atoms with Gasteiger partial charge in [0.15, 0.2) is 0 Å². The van der Waals surface area contributed by atoms with Crippen LogP contribution in [0.25, 0.3) is 0 Å². The van der Waals surface area contributed by atoms with Crippen molar-refractivity contribution in [2.24, 2.45) is 5.41 Å². The van der Waals surface area contributed by atoms with E-state index in [1.165, 1.54) is 10.5 Å². The molecule has 2 atom stereocenters. The number of hydrogen-bond acceptors (Lipinski definition) is 6. The zero-order chi connectivity index (χ0) is 27.9. The van der Waals surface area contributed by atoms with Crippen molar-refractivity contribution in [2.75, 3.05) is 33.2 Å². The number of rotatable bonds is 4. The minimum absolute atomic E-state index is 0.0819. The average Bonchev–Trinajstić information content (AvgIpc) is 3.23. The number of carbonyl (C=O) groups is 1. The summed E-state index contributed by atoms with van der Waals surface area (Å²) < 4.78 is 5.44. The Morgan fingerprint density at radius 2 is 1.76 bits per heavy atom. The zero-order valence-electron chi connectivity index (χ0n) is 23.7. The lowest BCUT2D eigenvalue weighted by atomic mass is 9.62. The number of pyridine rings is 1. The molecule has 204 valence electrons. The van der Waals surface area contributed by atoms with Crippen LogP contribution in [0.2, 0.25) is 0 Å². The predicted molar refractivity (Wildman–Crippen MR) is 148 cm³/mol. The topological polar surface area (TPSA) is 86.1 Å². The van der Waals surface area contributed by atoms with E-state index in [1.807, 2.05) is 46.0 Å². The summed E-state index contributed by atoms with van der Waals surface area (Å²) in [6.07, 6.45) is 3.23. The van der Waals surface area contributed by atoms with Gasteiger partial charge in [-0.2, -0.15) is 0 Å². The molecule has 0 radical (unpaired) electrons. The number of amides is 1. The monoisotopic (exact) mass is 519 g/mol. The summed E-state index contributed by atoms with van der Waals surface area (Å²) in [5.74, 6) is 6.42. The molecule has 0 bridgehead atoms. The molecule has 0 aliphatic carbocycles. The van der Waals surface area contributed by atoms with Crippen LogP contribution in [0.4, 0.5) is 4.79 Å². The van der Waals surface area contributed by atoms with Gasteiger partial charge in [0.1, 0.15) is 16.8 Å². The Balaban J connectivity index is 1.62. The van der Waals surface area contributed by atoms with Crippen molar-refractivity contribution in [3.63, 3.8) is 0 Å². The van der Waals surface area contributed by atoms with Gasteiger partial charge in [0.25, 0.3) is 0 Å². The van der Waals surface area contributed by atoms with E-state index in [0.29, 0.717) is 30.0 Å². The summed E-state index contributed by atoms with van der Waals surface area (Å²) in [6, 6.07) is 10.1. The van der Waals surface area contributed by atoms with E-state index in [1.54, 1.807) is 12.4 Å². The number of aromatic nitrogens is 1. The Morgan fingerprint density at radius 3 is 2.34 bits per heavy atom. The van der Waals surface area contributed by atoms with Gasteiger partial charge in [-0.1, -0.05) is 56.9 Å². The van der Waals surface area contributed by atoms with Crippen LogP contribution in [0.3, 0.4) is 0 Å². The van der Waals surface area contributed by atoms with Crippen LogP contribution in [0.15, 0.2) is 42.7 Å². The molecule has 2 unspecified atom stereocenters. The second-order valence-electron chi connectivity index (χ2n) is 12.6. The lowest BCUT2D eigenvalue weighted by Crippen LogP contribution is -2.63. The molecule has 2 fully saturated rings. The first kappa shape index (κ1) is 28.1. The fourth-order valence-electron chi connectivity index (χ4n) is 5.62. The number of hydrogen-bond donors (Lipinski definition) is 2. The van der Waals surface area contributed by atoms with Crippen LogP contribution in [-0.2, 0) is 10.3 Å². The van der Waals surface area contributed by atoms with E-state index >= 15 is 0 Å². The molecule has 7 heteroatoms. The van der Waals surface area contributed by atoms with Gasteiger partial charge in [-0.05, 0) is 50.9 Å². The fraction of sp³-hybridized carbons (Fsp3) is 0.548. The normalized spacial score (nSPS) is 22.8. The Hall–Kier alpha value is -2.92. The first-order chi connectivity index (χ1) is 17.6. The van der Waals surface area contributed by atoms with E-state index in [9.17, 15) is 15.0 Å². The number of aliphatic hydroxyl groups is 2. The lowest BCUT2D eigenvalue weighted by molar-refractivity contribution is -0.127. The number of likely N-dealkylation sites (tertiary alicyclic amines) is 2. The number of β-amino-alcohol motifs (C(OH)–C–C–N with tert-alkyl or cyclic N) is 1. The van der Waals surface area contributed by atoms with Crippen LogP contribution >= 0.6 is 0 Å². The van der Waals surface area contributed by atoms with Crippen molar-refractivity contribution in [3.05, 3.63) is 65.0 Å². The molecule has 4 rings (SSSR count). The Bertz CT molecular complexity index is 1230. The number of ether oxygens (including phenoxy) is 1. The lowest BCUT2D eigenvalue weighted by Gasteiger charge is -2.55. The summed E-state index contributed by atoms with van der Waals surface area (Å²) in [6.45, 7) is 13.8.